The molecule has 0 spiro atoms. The number of benzene rings is 2. The molecule has 0 radical (unpaired) electrons. The number of hydrogen-bond acceptors (Lipinski definition) is 9. The molecule has 11 heteroatoms. The number of rotatable bonds is 7. The number of carbonyl (C=O) groups is 2. The van der Waals surface area contributed by atoms with E-state index >= 15 is 0 Å². The van der Waals surface area contributed by atoms with E-state index in [1.807, 2.05) is 17.0 Å². The van der Waals surface area contributed by atoms with Gasteiger partial charge < -0.3 is 29.2 Å². The number of hydrogen-bond donors (Lipinski definition) is 1. The van der Waals surface area contributed by atoms with Gasteiger partial charge in [-0.15, -0.1) is 10.2 Å². The Balaban J connectivity index is 1.26. The molecule has 0 unspecified atom stereocenters. The van der Waals surface area contributed by atoms with Gasteiger partial charge in [-0.05, 0) is 42.7 Å². The first-order valence-electron chi connectivity index (χ1n) is 11.1. The Morgan fingerprint density at radius 1 is 1.09 bits per heavy atom. The Morgan fingerprint density at radius 3 is 2.74 bits per heavy atom. The minimum absolute atomic E-state index is 0.0127. The van der Waals surface area contributed by atoms with Gasteiger partial charge in [0.1, 0.15) is 5.01 Å². The zero-order valence-electron chi connectivity index (χ0n) is 19.3. The van der Waals surface area contributed by atoms with Crippen molar-refractivity contribution in [1.29, 1.82) is 0 Å². The molecule has 2 aliphatic rings. The number of methoxy groups -OCH3 is 2. The van der Waals surface area contributed by atoms with Gasteiger partial charge in [0.05, 0.1) is 26.7 Å². The SMILES string of the molecule is COc1ccc(CC(=O)N2CCC[C@@H]2c2nnc(C(=O)Nc3ccc4c(c3)OCO4)s2)cc1OC. The fraction of sp³-hybridized carbons (Fsp3) is 0.333. The average Bonchev–Trinajstić information content (AvgIpc) is 3.63. The summed E-state index contributed by atoms with van der Waals surface area (Å²) in [5.74, 6) is 2.03. The van der Waals surface area contributed by atoms with Crippen LogP contribution in [-0.2, 0) is 11.2 Å². The van der Waals surface area contributed by atoms with E-state index < -0.39 is 0 Å². The van der Waals surface area contributed by atoms with E-state index in [1.165, 1.54) is 11.3 Å². The van der Waals surface area contributed by atoms with E-state index in [0.717, 1.165) is 18.4 Å². The van der Waals surface area contributed by atoms with Crippen molar-refractivity contribution in [2.45, 2.75) is 25.3 Å². The van der Waals surface area contributed by atoms with Crippen LogP contribution in [-0.4, -0.2) is 54.5 Å². The van der Waals surface area contributed by atoms with Crippen molar-refractivity contribution in [2.24, 2.45) is 0 Å². The van der Waals surface area contributed by atoms with Gasteiger partial charge in [-0.25, -0.2) is 0 Å². The largest absolute Gasteiger partial charge is 0.493 e. The third kappa shape index (κ3) is 4.72. The molecule has 2 aromatic carbocycles. The Labute approximate surface area is 205 Å². The highest BCUT2D eigenvalue weighted by atomic mass is 32.1. The van der Waals surface area contributed by atoms with Crippen LogP contribution in [0.4, 0.5) is 5.69 Å². The molecule has 182 valence electrons. The fourth-order valence-corrected chi connectivity index (χ4v) is 5.09. The van der Waals surface area contributed by atoms with Gasteiger partial charge in [-0.3, -0.25) is 9.59 Å². The van der Waals surface area contributed by atoms with Gasteiger partial charge in [0, 0.05) is 18.3 Å². The summed E-state index contributed by atoms with van der Waals surface area (Å²) in [4.78, 5) is 27.7. The molecular formula is C24H24N4O6S. The van der Waals surface area contributed by atoms with Crippen molar-refractivity contribution in [2.75, 3.05) is 32.9 Å². The van der Waals surface area contributed by atoms with Crippen LogP contribution in [0, 0.1) is 0 Å². The van der Waals surface area contributed by atoms with Gasteiger partial charge >= 0.3 is 0 Å². The molecule has 1 saturated heterocycles. The number of ether oxygens (including phenoxy) is 4. The molecule has 0 bridgehead atoms. The van der Waals surface area contributed by atoms with Crippen LogP contribution in [0.1, 0.15) is 39.3 Å². The Kier molecular flexibility index (Phi) is 6.41. The molecule has 2 aliphatic heterocycles. The maximum absolute atomic E-state index is 13.1. The van der Waals surface area contributed by atoms with E-state index in [0.29, 0.717) is 40.2 Å². The Morgan fingerprint density at radius 2 is 1.91 bits per heavy atom. The minimum Gasteiger partial charge on any atom is -0.493 e. The monoisotopic (exact) mass is 496 g/mol. The maximum atomic E-state index is 13.1. The highest BCUT2D eigenvalue weighted by Crippen LogP contribution is 2.36. The molecule has 5 rings (SSSR count). The minimum atomic E-state index is -0.367. The lowest BCUT2D eigenvalue weighted by molar-refractivity contribution is -0.131. The number of nitrogens with zero attached hydrogens (tertiary/aromatic N) is 3. The average molecular weight is 497 g/mol. The van der Waals surface area contributed by atoms with Gasteiger partial charge in [0.2, 0.25) is 17.7 Å². The maximum Gasteiger partial charge on any atom is 0.286 e. The van der Waals surface area contributed by atoms with Gasteiger partial charge in [-0.1, -0.05) is 17.4 Å². The standard InChI is InChI=1S/C24H24N4O6S/c1-31-17-7-5-14(10-19(17)32-2)11-21(29)28-9-3-4-16(28)23-26-27-24(35-23)22(30)25-15-6-8-18-20(12-15)34-13-33-18/h5-8,10,12,16H,3-4,9,11,13H2,1-2H3,(H,25,30)/t16-/m1/s1. The highest BCUT2D eigenvalue weighted by Gasteiger charge is 2.33. The quantitative estimate of drug-likeness (QED) is 0.529. The highest BCUT2D eigenvalue weighted by molar-refractivity contribution is 7.13. The van der Waals surface area contributed by atoms with Crippen LogP contribution in [0.3, 0.4) is 0 Å². The van der Waals surface area contributed by atoms with Crippen molar-refractivity contribution in [1.82, 2.24) is 15.1 Å². The first-order valence-corrected chi connectivity index (χ1v) is 11.9. The molecule has 3 heterocycles. The Hall–Kier alpha value is -3.86. The summed E-state index contributed by atoms with van der Waals surface area (Å²) in [5.41, 5.74) is 1.41. The van der Waals surface area contributed by atoms with Crippen LogP contribution in [0.15, 0.2) is 36.4 Å². The van der Waals surface area contributed by atoms with Crippen molar-refractivity contribution in [3.63, 3.8) is 0 Å². The summed E-state index contributed by atoms with van der Waals surface area (Å²) in [6.07, 6.45) is 1.86. The number of fused-ring (bicyclic) bond motifs is 1. The fourth-order valence-electron chi connectivity index (χ4n) is 4.21. The topological polar surface area (TPSA) is 112 Å². The third-order valence-electron chi connectivity index (χ3n) is 5.93. The first-order chi connectivity index (χ1) is 17.1. The van der Waals surface area contributed by atoms with E-state index in [4.69, 9.17) is 18.9 Å². The van der Waals surface area contributed by atoms with Crippen molar-refractivity contribution >= 4 is 28.8 Å². The van der Waals surface area contributed by atoms with Gasteiger partial charge in [-0.2, -0.15) is 0 Å². The molecule has 1 atom stereocenters. The second-order valence-corrected chi connectivity index (χ2v) is 9.09. The molecule has 1 aromatic heterocycles. The van der Waals surface area contributed by atoms with Crippen LogP contribution in [0.25, 0.3) is 0 Å². The molecular weight excluding hydrogens is 472 g/mol. The van der Waals surface area contributed by atoms with Gasteiger partial charge in [0.25, 0.3) is 5.91 Å². The number of carbonyl (C=O) groups excluding carboxylic acids is 2. The van der Waals surface area contributed by atoms with Crippen molar-refractivity contribution < 1.29 is 28.5 Å². The number of likely N-dealkylation sites (tertiary alicyclic amines) is 1. The number of nitrogens with one attached hydrogen (secondary N) is 1. The van der Waals surface area contributed by atoms with E-state index in [2.05, 4.69) is 15.5 Å². The summed E-state index contributed by atoms with van der Waals surface area (Å²) in [6, 6.07) is 10.4. The summed E-state index contributed by atoms with van der Waals surface area (Å²) in [6.45, 7) is 0.796. The van der Waals surface area contributed by atoms with Gasteiger partial charge in [0.15, 0.2) is 23.0 Å². The number of amides is 2. The van der Waals surface area contributed by atoms with E-state index in [-0.39, 0.29) is 36.1 Å². The molecule has 0 aliphatic carbocycles. The summed E-state index contributed by atoms with van der Waals surface area (Å²) in [7, 11) is 3.14. The number of aromatic nitrogens is 2. The van der Waals surface area contributed by atoms with E-state index in [9.17, 15) is 9.59 Å². The molecule has 10 nitrogen and oxygen atoms in total. The Bertz CT molecular complexity index is 1260. The first kappa shape index (κ1) is 22.9. The second kappa shape index (κ2) is 9.79. The second-order valence-electron chi connectivity index (χ2n) is 8.08. The van der Waals surface area contributed by atoms with Crippen LogP contribution >= 0.6 is 11.3 Å². The lowest BCUT2D eigenvalue weighted by Gasteiger charge is -2.23. The zero-order chi connectivity index (χ0) is 24.4. The molecule has 3 aromatic rings. The molecule has 1 N–H and O–H groups in total. The summed E-state index contributed by atoms with van der Waals surface area (Å²) >= 11 is 1.20. The predicted molar refractivity (Wildman–Crippen MR) is 127 cm³/mol. The lowest BCUT2D eigenvalue weighted by atomic mass is 10.1. The van der Waals surface area contributed by atoms with Crippen LogP contribution < -0.4 is 24.3 Å². The number of anilines is 1. The smallest absolute Gasteiger partial charge is 0.286 e. The zero-order valence-corrected chi connectivity index (χ0v) is 20.1. The summed E-state index contributed by atoms with van der Waals surface area (Å²) in [5, 5.41) is 12.0. The van der Waals surface area contributed by atoms with E-state index in [1.54, 1.807) is 38.5 Å². The van der Waals surface area contributed by atoms with Crippen LogP contribution in [0.5, 0.6) is 23.0 Å². The normalized spacial score (nSPS) is 16.3. The molecule has 35 heavy (non-hydrogen) atoms. The molecule has 2 amide bonds. The summed E-state index contributed by atoms with van der Waals surface area (Å²) < 4.78 is 21.3. The van der Waals surface area contributed by atoms with Crippen LogP contribution in [0.2, 0.25) is 0 Å². The molecule has 0 saturated carbocycles. The third-order valence-corrected chi connectivity index (χ3v) is 6.95. The predicted octanol–water partition coefficient (Wildman–Crippen LogP) is 3.44. The van der Waals surface area contributed by atoms with Crippen molar-refractivity contribution in [3.8, 4) is 23.0 Å². The lowest BCUT2D eigenvalue weighted by Crippen LogP contribution is -2.31. The van der Waals surface area contributed by atoms with Crippen molar-refractivity contribution in [3.05, 3.63) is 52.0 Å². The molecule has 1 fully saturated rings.